The molecule has 0 aromatic carbocycles. The van der Waals surface area contributed by atoms with Crippen molar-refractivity contribution in [3.63, 3.8) is 0 Å². The molecule has 0 aromatic rings. The van der Waals surface area contributed by atoms with Crippen LogP contribution in [0.4, 0.5) is 0 Å². The summed E-state index contributed by atoms with van der Waals surface area (Å²) < 4.78 is 0. The van der Waals surface area contributed by atoms with Gasteiger partial charge in [0, 0.05) is 22.3 Å². The van der Waals surface area contributed by atoms with Crippen molar-refractivity contribution < 1.29 is 0 Å². The van der Waals surface area contributed by atoms with Crippen molar-refractivity contribution in [1.82, 2.24) is 0 Å². The second-order valence-corrected chi connectivity index (χ2v) is 9.30. The van der Waals surface area contributed by atoms with E-state index in [-0.39, 0.29) is 22.3 Å². The van der Waals surface area contributed by atoms with Gasteiger partial charge in [-0.05, 0) is 18.6 Å². The molecule has 0 heterocycles. The van der Waals surface area contributed by atoms with E-state index < -0.39 is 0 Å². The standard InChI is InChI=1S/C16H32BClN2/c1-12(14(2,3)4)19-20-13(15(5,6)7)11-17(18)16(8,9)10/h11H2,1-10H3/b19-12+,20-13-. The zero-order valence-corrected chi connectivity index (χ0v) is 15.8. The van der Waals surface area contributed by atoms with Crippen molar-refractivity contribution >= 4 is 29.0 Å². The molecule has 0 aliphatic carbocycles. The molecule has 0 spiro atoms. The zero-order chi connectivity index (χ0) is 16.4. The highest BCUT2D eigenvalue weighted by Crippen LogP contribution is 2.34. The molecule has 0 atom stereocenters. The molecule has 0 amide bonds. The largest absolute Gasteiger partial charge is 0.261 e. The van der Waals surface area contributed by atoms with Gasteiger partial charge in [-0.2, -0.15) is 21.7 Å². The maximum Gasteiger partial charge on any atom is 0.261 e. The first-order chi connectivity index (χ1) is 8.65. The third-order valence-corrected chi connectivity index (χ3v) is 4.39. The van der Waals surface area contributed by atoms with Crippen LogP contribution in [-0.2, 0) is 0 Å². The molecule has 0 N–H and O–H groups in total. The smallest absolute Gasteiger partial charge is 0.195 e. The Morgan fingerprint density at radius 3 is 1.60 bits per heavy atom. The van der Waals surface area contributed by atoms with Gasteiger partial charge < -0.3 is 0 Å². The Kier molecular flexibility index (Phi) is 6.54. The Morgan fingerprint density at radius 1 is 0.850 bits per heavy atom. The van der Waals surface area contributed by atoms with Gasteiger partial charge in [-0.25, -0.2) is 0 Å². The maximum atomic E-state index is 6.53. The normalized spacial score (nSPS) is 15.6. The highest BCUT2D eigenvalue weighted by molar-refractivity contribution is 7.09. The quantitative estimate of drug-likeness (QED) is 0.351. The summed E-state index contributed by atoms with van der Waals surface area (Å²) in [5.41, 5.74) is 2.15. The van der Waals surface area contributed by atoms with E-state index in [4.69, 9.17) is 11.5 Å². The van der Waals surface area contributed by atoms with Crippen molar-refractivity contribution in [3.8, 4) is 0 Å². The van der Waals surface area contributed by atoms with Crippen molar-refractivity contribution in [2.75, 3.05) is 0 Å². The van der Waals surface area contributed by atoms with Gasteiger partial charge in [-0.15, -0.1) is 0 Å². The van der Waals surface area contributed by atoms with Crippen LogP contribution >= 0.6 is 11.5 Å². The van der Waals surface area contributed by atoms with E-state index in [0.29, 0.717) is 0 Å². The lowest BCUT2D eigenvalue weighted by atomic mass is 9.50. The fourth-order valence-corrected chi connectivity index (χ4v) is 1.40. The zero-order valence-electron chi connectivity index (χ0n) is 15.1. The van der Waals surface area contributed by atoms with Crippen LogP contribution in [0.5, 0.6) is 0 Å². The lowest BCUT2D eigenvalue weighted by Crippen LogP contribution is -2.29. The summed E-state index contributed by atoms with van der Waals surface area (Å²) in [6.45, 7) is 21.5. The van der Waals surface area contributed by atoms with Crippen LogP contribution in [0, 0.1) is 10.8 Å². The monoisotopic (exact) mass is 298 g/mol. The number of nitrogens with zero attached hydrogens (tertiary/aromatic N) is 2. The Labute approximate surface area is 131 Å². The van der Waals surface area contributed by atoms with E-state index in [1.54, 1.807) is 0 Å². The Hall–Kier alpha value is -0.305. The highest BCUT2D eigenvalue weighted by atomic mass is 35.5. The predicted octanol–water partition coefficient (Wildman–Crippen LogP) is 5.93. The van der Waals surface area contributed by atoms with Gasteiger partial charge in [0.25, 0.3) is 6.13 Å². The Balaban J connectivity index is 5.31. The van der Waals surface area contributed by atoms with Gasteiger partial charge in [0.2, 0.25) is 0 Å². The molecule has 0 aromatic heterocycles. The fourth-order valence-electron chi connectivity index (χ4n) is 1.26. The second kappa shape index (κ2) is 6.64. The number of halogens is 1. The third kappa shape index (κ3) is 6.92. The summed E-state index contributed by atoms with van der Waals surface area (Å²) in [5.74, 6) is 0. The maximum absolute atomic E-state index is 6.53. The summed E-state index contributed by atoms with van der Waals surface area (Å²) in [6, 6.07) is 0. The van der Waals surface area contributed by atoms with Crippen molar-refractivity contribution in [2.45, 2.75) is 80.9 Å². The molecule has 0 aliphatic rings. The predicted molar refractivity (Wildman–Crippen MR) is 95.6 cm³/mol. The first-order valence-corrected chi connectivity index (χ1v) is 7.85. The molecule has 116 valence electrons. The molecule has 0 bridgehead atoms. The highest BCUT2D eigenvalue weighted by Gasteiger charge is 2.32. The molecule has 2 nitrogen and oxygen atoms in total. The lowest BCUT2D eigenvalue weighted by molar-refractivity contribution is 0.576. The van der Waals surface area contributed by atoms with Crippen LogP contribution in [0.25, 0.3) is 0 Å². The summed E-state index contributed by atoms with van der Waals surface area (Å²) >= 11 is 6.53. The van der Waals surface area contributed by atoms with E-state index in [2.05, 4.69) is 72.5 Å². The second-order valence-electron chi connectivity index (χ2n) is 8.77. The molecular formula is C16H32BClN2. The molecule has 0 saturated carbocycles. The molecule has 0 fully saturated rings. The van der Waals surface area contributed by atoms with Crippen LogP contribution in [0.2, 0.25) is 11.6 Å². The molecule has 0 rings (SSSR count). The molecule has 0 radical (unpaired) electrons. The topological polar surface area (TPSA) is 24.7 Å². The van der Waals surface area contributed by atoms with Crippen LogP contribution < -0.4 is 0 Å². The van der Waals surface area contributed by atoms with Crippen molar-refractivity contribution in [3.05, 3.63) is 0 Å². The van der Waals surface area contributed by atoms with Crippen molar-refractivity contribution in [1.29, 1.82) is 0 Å². The van der Waals surface area contributed by atoms with Gasteiger partial charge in [0.05, 0.1) is 0 Å². The summed E-state index contributed by atoms with van der Waals surface area (Å²) in [6.07, 6.45) is 0.834. The van der Waals surface area contributed by atoms with E-state index in [0.717, 1.165) is 17.7 Å². The van der Waals surface area contributed by atoms with Crippen molar-refractivity contribution in [2.24, 2.45) is 21.0 Å². The SMILES string of the molecule is C/C(=N\N=C(\CB(Cl)C(C)(C)C)C(C)(C)C)C(C)(C)C. The Morgan fingerprint density at radius 2 is 1.30 bits per heavy atom. The fraction of sp³-hybridized carbons (Fsp3) is 0.875. The van der Waals surface area contributed by atoms with E-state index in [1.807, 2.05) is 6.92 Å². The minimum absolute atomic E-state index is 0.0138. The van der Waals surface area contributed by atoms with Gasteiger partial charge >= 0.3 is 0 Å². The number of hydrogen-bond acceptors (Lipinski definition) is 2. The summed E-state index contributed by atoms with van der Waals surface area (Å²) in [4.78, 5) is 0. The average molecular weight is 299 g/mol. The molecule has 0 unspecified atom stereocenters. The van der Waals surface area contributed by atoms with Crippen LogP contribution in [0.3, 0.4) is 0 Å². The van der Waals surface area contributed by atoms with E-state index >= 15 is 0 Å². The van der Waals surface area contributed by atoms with E-state index in [9.17, 15) is 0 Å². The van der Waals surface area contributed by atoms with Crippen LogP contribution in [0.15, 0.2) is 10.2 Å². The molecule has 0 saturated heterocycles. The first kappa shape index (κ1) is 19.7. The summed E-state index contributed by atoms with van der Waals surface area (Å²) in [5, 5.41) is 9.04. The summed E-state index contributed by atoms with van der Waals surface area (Å²) in [7, 11) is 0. The van der Waals surface area contributed by atoms with Gasteiger partial charge in [0.15, 0.2) is 0 Å². The molecule has 20 heavy (non-hydrogen) atoms. The molecular weight excluding hydrogens is 266 g/mol. The minimum Gasteiger partial charge on any atom is -0.195 e. The minimum atomic E-state index is -0.0138. The average Bonchev–Trinajstić information content (AvgIpc) is 2.18. The van der Waals surface area contributed by atoms with Crippen LogP contribution in [0.1, 0.15) is 69.2 Å². The number of hydrogen-bond donors (Lipinski definition) is 0. The lowest BCUT2D eigenvalue weighted by Gasteiger charge is -2.27. The Bertz CT molecular complexity index is 379. The van der Waals surface area contributed by atoms with Crippen LogP contribution in [-0.4, -0.2) is 17.6 Å². The first-order valence-electron chi connectivity index (χ1n) is 7.42. The molecule has 4 heteroatoms. The third-order valence-electron chi connectivity index (χ3n) is 3.58. The van der Waals surface area contributed by atoms with Gasteiger partial charge in [-0.3, -0.25) is 0 Å². The van der Waals surface area contributed by atoms with Gasteiger partial charge in [-0.1, -0.05) is 62.3 Å². The molecule has 0 aliphatic heterocycles. The number of rotatable bonds is 3. The van der Waals surface area contributed by atoms with Gasteiger partial charge in [0.1, 0.15) is 0 Å². The van der Waals surface area contributed by atoms with E-state index in [1.165, 1.54) is 0 Å².